The van der Waals surface area contributed by atoms with Gasteiger partial charge in [-0.1, -0.05) is 13.8 Å². The first-order chi connectivity index (χ1) is 9.83. The average molecular weight is 551 g/mol. The Morgan fingerprint density at radius 3 is 0.950 bits per heavy atom. The van der Waals surface area contributed by atoms with Gasteiger partial charge in [0.25, 0.3) is 0 Å². The molecule has 0 amide bonds. The van der Waals surface area contributed by atoms with Crippen LogP contribution in [0.1, 0.15) is 20.8 Å². The SMILES string of the molecule is C#CC.CC.S=S.S=S=S=S=S=S=S=S=S=S=S=S=S. The lowest BCUT2D eigenvalue weighted by Gasteiger charge is -1.38. The zero-order valence-corrected chi connectivity index (χ0v) is 22.4. The van der Waals surface area contributed by atoms with Gasteiger partial charge >= 0.3 is 0 Å². The molecule has 0 rings (SSSR count). The van der Waals surface area contributed by atoms with Crippen molar-refractivity contribution in [3.05, 3.63) is 0 Å². The van der Waals surface area contributed by atoms with Crippen molar-refractivity contribution in [2.75, 3.05) is 0 Å². The molecule has 0 nitrogen and oxygen atoms in total. The van der Waals surface area contributed by atoms with Crippen LogP contribution in [0.5, 0.6) is 0 Å². The van der Waals surface area contributed by atoms with Gasteiger partial charge in [-0.25, -0.2) is 0 Å². The summed E-state index contributed by atoms with van der Waals surface area (Å²) in [4.78, 5) is 0. The second-order valence-electron chi connectivity index (χ2n) is 1.04. The number of hydrogen-bond acceptors (Lipinski definition) is 4. The molecule has 0 atom stereocenters. The van der Waals surface area contributed by atoms with Crippen LogP contribution in [0.2, 0.25) is 0 Å². The maximum atomic E-state index is 4.70. The van der Waals surface area contributed by atoms with Gasteiger partial charge in [0.1, 0.15) is 0 Å². The van der Waals surface area contributed by atoms with Crippen LogP contribution in [-0.4, -0.2) is 0 Å². The third-order valence-electron chi connectivity index (χ3n) is 0.278. The van der Waals surface area contributed by atoms with Crippen molar-refractivity contribution in [2.24, 2.45) is 0 Å². The highest BCUT2D eigenvalue weighted by Crippen LogP contribution is 1.39. The third-order valence-corrected chi connectivity index (χ3v) is 22.5. The second-order valence-corrected chi connectivity index (χ2v) is 20.5. The van der Waals surface area contributed by atoms with Crippen LogP contribution in [-0.2, 0) is 142 Å². The lowest BCUT2D eigenvalue weighted by molar-refractivity contribution is 1.50. The Balaban J connectivity index is -0.000000155. The van der Waals surface area contributed by atoms with E-state index in [1.165, 1.54) is 17.8 Å². The number of hydrogen-bond donors (Lipinski definition) is 0. The van der Waals surface area contributed by atoms with Crippen LogP contribution in [0, 0.1) is 12.3 Å². The minimum absolute atomic E-state index is 1.36. The van der Waals surface area contributed by atoms with E-state index in [0.29, 0.717) is 0 Å². The van der Waals surface area contributed by atoms with Gasteiger partial charge in [0.15, 0.2) is 0 Å². The first-order valence-electron chi connectivity index (χ1n) is 3.96. The first-order valence-corrected chi connectivity index (χ1v) is 21.3. The molecule has 0 heterocycles. The van der Waals surface area contributed by atoms with Crippen molar-refractivity contribution in [1.29, 1.82) is 0 Å². The maximum Gasteiger partial charge on any atom is 0 e. The smallest absolute Gasteiger partial charge is 0 e. The summed E-state index contributed by atoms with van der Waals surface area (Å²) < 4.78 is 0. The molecule has 0 aliphatic heterocycles. The standard InChI is InChI=1S/C3H4.C2H6.S13.S2/c1-3-2;1-2;1-3-5-7-9-11-13-12-10-8-6-4-2;1-2/h1H,2H3;1-2H3;;. The van der Waals surface area contributed by atoms with Crippen LogP contribution in [0.3, 0.4) is 0 Å². The van der Waals surface area contributed by atoms with E-state index in [4.69, 9.17) is 22.4 Å². The van der Waals surface area contributed by atoms with E-state index in [0.717, 1.165) is 0 Å². The molecule has 0 saturated heterocycles. The molecule has 0 fully saturated rings. The predicted molar refractivity (Wildman–Crippen MR) is 136 cm³/mol. The molecule has 120 valence electrons. The maximum absolute atomic E-state index is 4.70. The predicted octanol–water partition coefficient (Wildman–Crippen LogP) is 1.63. The molecular weight excluding hydrogens is 541 g/mol. The van der Waals surface area contributed by atoms with E-state index in [2.05, 4.69) is 34.7 Å². The monoisotopic (exact) mass is 550 g/mol. The van der Waals surface area contributed by atoms with Crippen molar-refractivity contribution >= 4 is 142 Å². The molecule has 0 aliphatic rings. The Kier molecular flexibility index (Phi) is 66.1. The number of terminal acetylenes is 1. The lowest BCUT2D eigenvalue weighted by Crippen LogP contribution is -1.38. The number of rotatable bonds is 0. The van der Waals surface area contributed by atoms with Crippen molar-refractivity contribution < 1.29 is 0 Å². The quantitative estimate of drug-likeness (QED) is 0.420. The Morgan fingerprint density at radius 2 is 0.800 bits per heavy atom. The highest BCUT2D eigenvalue weighted by atomic mass is 33.5. The molecule has 20 heavy (non-hydrogen) atoms. The van der Waals surface area contributed by atoms with Gasteiger partial charge in [-0.3, -0.25) is 0 Å². The minimum atomic E-state index is 1.36. The van der Waals surface area contributed by atoms with Gasteiger partial charge < -0.3 is 0 Å². The van der Waals surface area contributed by atoms with E-state index in [1.54, 1.807) is 86.8 Å². The normalized spacial score (nSPS) is 5.50. The summed E-state index contributed by atoms with van der Waals surface area (Å²) in [6.07, 6.45) is 4.60. The summed E-state index contributed by atoms with van der Waals surface area (Å²) >= 11 is 16.7. The molecule has 0 aliphatic carbocycles. The van der Waals surface area contributed by atoms with Gasteiger partial charge in [-0.05, 0) is 6.92 Å². The van der Waals surface area contributed by atoms with Gasteiger partial charge in [0, 0.05) is 142 Å². The van der Waals surface area contributed by atoms with Crippen LogP contribution in [0.25, 0.3) is 0 Å². The average Bonchev–Trinajstić information content (AvgIpc) is 2.51. The third kappa shape index (κ3) is 49.7. The van der Waals surface area contributed by atoms with E-state index < -0.39 is 0 Å². The fourth-order valence-electron chi connectivity index (χ4n) is 0.102. The summed E-state index contributed by atoms with van der Waals surface area (Å²) in [6, 6.07) is 0. The van der Waals surface area contributed by atoms with E-state index in [9.17, 15) is 0 Å². The zero-order chi connectivity index (χ0) is 16.5. The fraction of sp³-hybridized carbons (Fsp3) is 0.600. The van der Waals surface area contributed by atoms with Crippen LogP contribution in [0.4, 0.5) is 0 Å². The summed E-state index contributed by atoms with van der Waals surface area (Å²) in [5.41, 5.74) is 0. The topological polar surface area (TPSA) is 0 Å². The summed E-state index contributed by atoms with van der Waals surface area (Å²) in [5.74, 6) is 2.25. The Hall–Kier alpha value is 2.86. The van der Waals surface area contributed by atoms with E-state index in [1.807, 2.05) is 13.8 Å². The molecule has 0 spiro atoms. The summed E-state index contributed by atoms with van der Waals surface area (Å²) in [5, 5.41) is 0. The van der Waals surface area contributed by atoms with Crippen molar-refractivity contribution in [1.82, 2.24) is 0 Å². The van der Waals surface area contributed by atoms with Crippen molar-refractivity contribution in [3.8, 4) is 12.3 Å². The van der Waals surface area contributed by atoms with Crippen LogP contribution in [0.15, 0.2) is 0 Å². The van der Waals surface area contributed by atoms with Gasteiger partial charge in [-0.15, -0.1) is 12.3 Å². The largest absolute Gasteiger partial charge is 0.120 e. The summed E-state index contributed by atoms with van der Waals surface area (Å²) in [7, 11) is 18.1. The zero-order valence-electron chi connectivity index (χ0n) is 10.2. The molecule has 0 aromatic heterocycles. The molecule has 0 N–H and O–H groups in total. The summed E-state index contributed by atoms with van der Waals surface area (Å²) in [6.45, 7) is 5.65. The first kappa shape index (κ1) is 30.7. The molecule has 15 heteroatoms. The van der Waals surface area contributed by atoms with Gasteiger partial charge in [-0.2, -0.15) is 0 Å². The van der Waals surface area contributed by atoms with E-state index >= 15 is 0 Å². The second kappa shape index (κ2) is 43.1. The molecule has 0 radical (unpaired) electrons. The fourth-order valence-corrected chi connectivity index (χ4v) is 24.8. The minimum Gasteiger partial charge on any atom is -0.120 e. The van der Waals surface area contributed by atoms with Gasteiger partial charge in [0.05, 0.1) is 0 Å². The molecule has 0 unspecified atom stereocenters. The van der Waals surface area contributed by atoms with Crippen LogP contribution >= 0.6 is 0 Å². The highest BCUT2D eigenvalue weighted by molar-refractivity contribution is 8.75. The highest BCUT2D eigenvalue weighted by Gasteiger charge is 1.39. The Labute approximate surface area is 172 Å². The van der Waals surface area contributed by atoms with E-state index in [-0.39, 0.29) is 0 Å². The molecule has 0 aromatic carbocycles. The van der Waals surface area contributed by atoms with Crippen LogP contribution < -0.4 is 0 Å². The Morgan fingerprint density at radius 1 is 0.650 bits per heavy atom. The molecular formula is C5H10S15. The van der Waals surface area contributed by atoms with Crippen molar-refractivity contribution in [2.45, 2.75) is 20.8 Å². The Bertz CT molecular complexity index is 620. The van der Waals surface area contributed by atoms with Gasteiger partial charge in [0.2, 0.25) is 0 Å². The molecule has 0 aromatic rings. The lowest BCUT2D eigenvalue weighted by atomic mass is 10.9. The van der Waals surface area contributed by atoms with Crippen molar-refractivity contribution in [3.63, 3.8) is 0 Å². The molecule has 0 bridgehead atoms. The molecule has 0 saturated carbocycles.